The maximum absolute atomic E-state index is 12.7. The van der Waals surface area contributed by atoms with E-state index in [0.717, 1.165) is 0 Å². The molecule has 1 N–H and O–H groups in total. The van der Waals surface area contributed by atoms with Gasteiger partial charge >= 0.3 is 5.97 Å². The Hall–Kier alpha value is -2.42. The summed E-state index contributed by atoms with van der Waals surface area (Å²) in [5.74, 6) is -1.27. The van der Waals surface area contributed by atoms with Crippen LogP contribution in [0.15, 0.2) is 53.4 Å². The molecule has 0 bridgehead atoms. The monoisotopic (exact) mass is 438 g/mol. The van der Waals surface area contributed by atoms with Crippen molar-refractivity contribution >= 4 is 39.2 Å². The van der Waals surface area contributed by atoms with E-state index in [1.807, 2.05) is 0 Å². The molecule has 2 aromatic carbocycles. The van der Waals surface area contributed by atoms with Crippen molar-refractivity contribution in [1.82, 2.24) is 4.31 Å². The van der Waals surface area contributed by atoms with Crippen LogP contribution in [0.5, 0.6) is 0 Å². The predicted molar refractivity (Wildman–Crippen MR) is 112 cm³/mol. The summed E-state index contributed by atoms with van der Waals surface area (Å²) in [5, 5.41) is 2.69. The summed E-state index contributed by atoms with van der Waals surface area (Å²) >= 11 is 6.11. The molecule has 0 aliphatic heterocycles. The smallest absolute Gasteiger partial charge is 0.338 e. The molecule has 0 saturated heterocycles. The summed E-state index contributed by atoms with van der Waals surface area (Å²) < 4.78 is 31.8. The fourth-order valence-corrected chi connectivity index (χ4v) is 4.21. The molecule has 0 fully saturated rings. The number of anilines is 1. The molecule has 1 amide bonds. The fourth-order valence-electron chi connectivity index (χ4n) is 2.56. The SMILES string of the molecule is CCN(CC)S(=O)(=O)c1ccc(Cl)c(NC(=O)C(C)OC(=O)c2ccccc2)c1. The molecule has 7 nitrogen and oxygen atoms in total. The number of carbonyl (C=O) groups excluding carboxylic acids is 2. The highest BCUT2D eigenvalue weighted by atomic mass is 35.5. The van der Waals surface area contributed by atoms with Gasteiger partial charge in [0.25, 0.3) is 5.91 Å². The fraction of sp³-hybridized carbons (Fsp3) is 0.300. The van der Waals surface area contributed by atoms with Crippen molar-refractivity contribution in [2.75, 3.05) is 18.4 Å². The Balaban J connectivity index is 2.16. The van der Waals surface area contributed by atoms with E-state index in [4.69, 9.17) is 16.3 Å². The van der Waals surface area contributed by atoms with Gasteiger partial charge in [0.2, 0.25) is 10.0 Å². The zero-order valence-corrected chi connectivity index (χ0v) is 18.0. The minimum atomic E-state index is -3.71. The number of nitrogens with zero attached hydrogens (tertiary/aromatic N) is 1. The predicted octanol–water partition coefficient (Wildman–Crippen LogP) is 3.55. The van der Waals surface area contributed by atoms with Gasteiger partial charge in [0.15, 0.2) is 6.10 Å². The van der Waals surface area contributed by atoms with E-state index in [9.17, 15) is 18.0 Å². The van der Waals surface area contributed by atoms with Crippen molar-refractivity contribution in [1.29, 1.82) is 0 Å². The average molecular weight is 439 g/mol. The second-order valence-corrected chi connectivity index (χ2v) is 8.48. The van der Waals surface area contributed by atoms with Crippen molar-refractivity contribution in [3.8, 4) is 0 Å². The summed E-state index contributed by atoms with van der Waals surface area (Å²) in [6.45, 7) is 5.52. The van der Waals surface area contributed by atoms with Gasteiger partial charge < -0.3 is 10.1 Å². The Kier molecular flexibility index (Phi) is 7.78. The molecular weight excluding hydrogens is 416 g/mol. The molecule has 0 heterocycles. The topological polar surface area (TPSA) is 92.8 Å². The average Bonchev–Trinajstić information content (AvgIpc) is 2.70. The molecule has 0 spiro atoms. The van der Waals surface area contributed by atoms with E-state index in [-0.39, 0.29) is 15.6 Å². The molecule has 1 atom stereocenters. The third-order valence-corrected chi connectivity index (χ3v) is 6.58. The van der Waals surface area contributed by atoms with Crippen molar-refractivity contribution in [3.05, 3.63) is 59.1 Å². The summed E-state index contributed by atoms with van der Waals surface area (Å²) in [7, 11) is -3.71. The summed E-state index contributed by atoms with van der Waals surface area (Å²) in [6.07, 6.45) is -1.11. The minimum Gasteiger partial charge on any atom is -0.449 e. The number of sulfonamides is 1. The lowest BCUT2D eigenvalue weighted by molar-refractivity contribution is -0.123. The highest BCUT2D eigenvalue weighted by molar-refractivity contribution is 7.89. The number of hydrogen-bond acceptors (Lipinski definition) is 5. The molecule has 9 heteroatoms. The van der Waals surface area contributed by atoms with Crippen molar-refractivity contribution in [3.63, 3.8) is 0 Å². The first-order chi connectivity index (χ1) is 13.7. The van der Waals surface area contributed by atoms with Gasteiger partial charge in [-0.25, -0.2) is 13.2 Å². The normalized spacial score (nSPS) is 12.4. The van der Waals surface area contributed by atoms with Crippen LogP contribution in [0.25, 0.3) is 0 Å². The van der Waals surface area contributed by atoms with Crippen LogP contribution >= 0.6 is 11.6 Å². The summed E-state index contributed by atoms with van der Waals surface area (Å²) in [4.78, 5) is 24.5. The largest absolute Gasteiger partial charge is 0.449 e. The van der Waals surface area contributed by atoms with Gasteiger partial charge in [-0.3, -0.25) is 4.79 Å². The van der Waals surface area contributed by atoms with Crippen LogP contribution in [0.4, 0.5) is 5.69 Å². The molecule has 0 aliphatic rings. The quantitative estimate of drug-likeness (QED) is 0.636. The first-order valence-corrected chi connectivity index (χ1v) is 10.9. The van der Waals surface area contributed by atoms with Crippen LogP contribution in [0.3, 0.4) is 0 Å². The van der Waals surface area contributed by atoms with Gasteiger partial charge in [0, 0.05) is 13.1 Å². The molecule has 0 aromatic heterocycles. The number of rotatable bonds is 8. The molecule has 0 saturated carbocycles. The first-order valence-electron chi connectivity index (χ1n) is 9.07. The van der Waals surface area contributed by atoms with Gasteiger partial charge in [-0.15, -0.1) is 0 Å². The first kappa shape index (κ1) is 22.9. The standard InChI is InChI=1S/C20H23ClN2O5S/c1-4-23(5-2)29(26,27)16-11-12-17(21)18(13-16)22-19(24)14(3)28-20(25)15-9-7-6-8-10-15/h6-14H,4-5H2,1-3H3,(H,22,24). The van der Waals surface area contributed by atoms with Crippen molar-refractivity contribution in [2.24, 2.45) is 0 Å². The van der Waals surface area contributed by atoms with Gasteiger partial charge in [0.05, 0.1) is 21.2 Å². The molecule has 29 heavy (non-hydrogen) atoms. The molecule has 2 rings (SSSR count). The van der Waals surface area contributed by atoms with Crippen LogP contribution in [-0.4, -0.2) is 43.8 Å². The van der Waals surface area contributed by atoms with E-state index < -0.39 is 28.0 Å². The van der Waals surface area contributed by atoms with Crippen LogP contribution < -0.4 is 5.32 Å². The third kappa shape index (κ3) is 5.56. The van der Waals surface area contributed by atoms with Gasteiger partial charge in [-0.05, 0) is 37.3 Å². The summed E-state index contributed by atoms with van der Waals surface area (Å²) in [6, 6.07) is 12.3. The van der Waals surface area contributed by atoms with Crippen molar-refractivity contribution < 1.29 is 22.7 Å². The zero-order chi connectivity index (χ0) is 21.6. The number of hydrogen-bond donors (Lipinski definition) is 1. The number of halogens is 1. The van der Waals surface area contributed by atoms with E-state index in [1.165, 1.54) is 29.4 Å². The molecular formula is C20H23ClN2O5S. The van der Waals surface area contributed by atoms with Gasteiger partial charge in [-0.1, -0.05) is 43.6 Å². The van der Waals surface area contributed by atoms with E-state index in [1.54, 1.807) is 44.2 Å². The van der Waals surface area contributed by atoms with E-state index in [0.29, 0.717) is 18.7 Å². The maximum atomic E-state index is 12.7. The molecule has 2 aromatic rings. The summed E-state index contributed by atoms with van der Waals surface area (Å²) in [5.41, 5.74) is 0.435. The van der Waals surface area contributed by atoms with Crippen LogP contribution in [0.2, 0.25) is 5.02 Å². The molecule has 156 valence electrons. The number of nitrogens with one attached hydrogen (secondary N) is 1. The Bertz CT molecular complexity index is 976. The Labute approximate surface area is 175 Å². The maximum Gasteiger partial charge on any atom is 0.338 e. The van der Waals surface area contributed by atoms with Gasteiger partial charge in [0.1, 0.15) is 0 Å². The third-order valence-electron chi connectivity index (χ3n) is 4.20. The van der Waals surface area contributed by atoms with E-state index >= 15 is 0 Å². The Morgan fingerprint density at radius 1 is 1.10 bits per heavy atom. The van der Waals surface area contributed by atoms with Crippen LogP contribution in [-0.2, 0) is 19.6 Å². The number of carbonyl (C=O) groups is 2. The molecule has 0 aliphatic carbocycles. The highest BCUT2D eigenvalue weighted by Gasteiger charge is 2.24. The highest BCUT2D eigenvalue weighted by Crippen LogP contribution is 2.27. The minimum absolute atomic E-state index is 0.00910. The second kappa shape index (κ2) is 9.87. The number of benzene rings is 2. The lowest BCUT2D eigenvalue weighted by Gasteiger charge is -2.19. The molecule has 1 unspecified atom stereocenters. The molecule has 0 radical (unpaired) electrons. The lowest BCUT2D eigenvalue weighted by Crippen LogP contribution is -2.31. The number of ether oxygens (including phenoxy) is 1. The zero-order valence-electron chi connectivity index (χ0n) is 16.4. The van der Waals surface area contributed by atoms with E-state index in [2.05, 4.69) is 5.32 Å². The Morgan fingerprint density at radius 3 is 2.31 bits per heavy atom. The number of amides is 1. The lowest BCUT2D eigenvalue weighted by atomic mass is 10.2. The number of esters is 1. The van der Waals surface area contributed by atoms with Gasteiger partial charge in [-0.2, -0.15) is 4.31 Å². The van der Waals surface area contributed by atoms with Crippen LogP contribution in [0.1, 0.15) is 31.1 Å². The van der Waals surface area contributed by atoms with Crippen LogP contribution in [0, 0.1) is 0 Å². The Morgan fingerprint density at radius 2 is 1.72 bits per heavy atom. The van der Waals surface area contributed by atoms with Crippen molar-refractivity contribution in [2.45, 2.75) is 31.8 Å². The second-order valence-electron chi connectivity index (χ2n) is 6.13.